The molecule has 1 aromatic heterocycles. The van der Waals surface area contributed by atoms with Crippen molar-refractivity contribution in [1.29, 1.82) is 0 Å². The number of rotatable bonds is 8. The molecule has 0 atom stereocenters. The van der Waals surface area contributed by atoms with E-state index in [4.69, 9.17) is 9.47 Å². The number of amides is 1. The van der Waals surface area contributed by atoms with E-state index in [0.29, 0.717) is 41.4 Å². The quantitative estimate of drug-likeness (QED) is 0.539. The predicted octanol–water partition coefficient (Wildman–Crippen LogP) is 3.68. The highest BCUT2D eigenvalue weighted by Crippen LogP contribution is 2.34. The molecule has 158 valence electrons. The Balaban J connectivity index is 1.77. The summed E-state index contributed by atoms with van der Waals surface area (Å²) in [5.74, 6) is 1.57. The van der Waals surface area contributed by atoms with Crippen LogP contribution in [0, 0.1) is 0 Å². The second-order valence-corrected chi connectivity index (χ2v) is 7.57. The van der Waals surface area contributed by atoms with Gasteiger partial charge in [0.25, 0.3) is 5.56 Å². The van der Waals surface area contributed by atoms with Crippen molar-refractivity contribution in [1.82, 2.24) is 14.9 Å². The van der Waals surface area contributed by atoms with Gasteiger partial charge in [0.15, 0.2) is 11.5 Å². The Hall–Kier alpha value is -2.87. The molecule has 1 N–H and O–H groups in total. The Labute approximate surface area is 183 Å². The maximum Gasteiger partial charge on any atom is 0.258 e. The average molecular weight is 474 g/mol. The van der Waals surface area contributed by atoms with Crippen molar-refractivity contribution in [3.05, 3.63) is 62.6 Å². The number of likely N-dealkylation sites (N-methyl/N-ethyl adjacent to an activating group) is 1. The third kappa shape index (κ3) is 4.99. The van der Waals surface area contributed by atoms with Gasteiger partial charge in [0.05, 0.1) is 37.1 Å². The molecule has 0 bridgehead atoms. The molecule has 0 aliphatic carbocycles. The summed E-state index contributed by atoms with van der Waals surface area (Å²) in [5.41, 5.74) is 1.18. The lowest BCUT2D eigenvalue weighted by Crippen LogP contribution is -2.29. The summed E-state index contributed by atoms with van der Waals surface area (Å²) in [6, 6.07) is 10.8. The second kappa shape index (κ2) is 9.75. The highest BCUT2D eigenvalue weighted by atomic mass is 79.9. The van der Waals surface area contributed by atoms with E-state index in [0.717, 1.165) is 10.0 Å². The Bertz CT molecular complexity index is 1110. The lowest BCUT2D eigenvalue weighted by molar-refractivity contribution is -0.129. The van der Waals surface area contributed by atoms with Crippen LogP contribution in [0.15, 0.2) is 45.7 Å². The highest BCUT2D eigenvalue weighted by Gasteiger charge is 2.17. The molecule has 3 rings (SSSR count). The van der Waals surface area contributed by atoms with Crippen LogP contribution in [0.5, 0.6) is 11.5 Å². The third-order valence-electron chi connectivity index (χ3n) is 4.53. The number of carbonyl (C=O) groups is 1. The van der Waals surface area contributed by atoms with Crippen molar-refractivity contribution in [3.8, 4) is 11.5 Å². The van der Waals surface area contributed by atoms with Crippen molar-refractivity contribution in [2.45, 2.75) is 26.8 Å². The summed E-state index contributed by atoms with van der Waals surface area (Å²) >= 11 is 3.52. The van der Waals surface area contributed by atoms with Crippen molar-refractivity contribution in [2.75, 3.05) is 20.3 Å². The first-order chi connectivity index (χ1) is 14.4. The first-order valence-electron chi connectivity index (χ1n) is 9.72. The molecule has 1 heterocycles. The monoisotopic (exact) mass is 473 g/mol. The summed E-state index contributed by atoms with van der Waals surface area (Å²) in [7, 11) is 1.68. The zero-order valence-corrected chi connectivity index (χ0v) is 18.8. The lowest BCUT2D eigenvalue weighted by atomic mass is 10.1. The van der Waals surface area contributed by atoms with Gasteiger partial charge in [0.1, 0.15) is 5.82 Å². The van der Waals surface area contributed by atoms with E-state index in [1.807, 2.05) is 32.0 Å². The van der Waals surface area contributed by atoms with Gasteiger partial charge in [-0.1, -0.05) is 28.1 Å². The Morgan fingerprint density at radius 1 is 1.13 bits per heavy atom. The first kappa shape index (κ1) is 21.8. The minimum atomic E-state index is -0.216. The van der Waals surface area contributed by atoms with Crippen LogP contribution < -0.4 is 15.0 Å². The molecule has 1 amide bonds. The molecule has 0 saturated heterocycles. The lowest BCUT2D eigenvalue weighted by Gasteiger charge is -2.18. The number of para-hydroxylation sites is 1. The number of ether oxygens (including phenoxy) is 2. The topological polar surface area (TPSA) is 84.5 Å². The summed E-state index contributed by atoms with van der Waals surface area (Å²) in [6.07, 6.45) is 0.168. The molecule has 0 unspecified atom stereocenters. The Morgan fingerprint density at radius 2 is 1.80 bits per heavy atom. The van der Waals surface area contributed by atoms with Crippen molar-refractivity contribution < 1.29 is 14.3 Å². The number of aromatic amines is 1. The van der Waals surface area contributed by atoms with E-state index < -0.39 is 0 Å². The van der Waals surface area contributed by atoms with E-state index in [9.17, 15) is 9.59 Å². The van der Waals surface area contributed by atoms with Crippen LogP contribution in [-0.4, -0.2) is 41.0 Å². The molecule has 3 aromatic rings. The molecule has 7 nitrogen and oxygen atoms in total. The molecule has 2 aromatic carbocycles. The zero-order chi connectivity index (χ0) is 21.7. The fourth-order valence-electron chi connectivity index (χ4n) is 3.07. The fourth-order valence-corrected chi connectivity index (χ4v) is 3.53. The van der Waals surface area contributed by atoms with Crippen LogP contribution in [0.3, 0.4) is 0 Å². The van der Waals surface area contributed by atoms with E-state index in [2.05, 4.69) is 25.9 Å². The molecule has 0 spiro atoms. The minimum absolute atomic E-state index is 0.113. The van der Waals surface area contributed by atoms with E-state index in [-0.39, 0.29) is 24.4 Å². The van der Waals surface area contributed by atoms with Crippen LogP contribution >= 0.6 is 15.9 Å². The second-order valence-electron chi connectivity index (χ2n) is 6.71. The van der Waals surface area contributed by atoms with Gasteiger partial charge in [0, 0.05) is 11.5 Å². The molecule has 8 heteroatoms. The van der Waals surface area contributed by atoms with Gasteiger partial charge in [-0.15, -0.1) is 0 Å². The smallest absolute Gasteiger partial charge is 0.258 e. The van der Waals surface area contributed by atoms with E-state index >= 15 is 0 Å². The summed E-state index contributed by atoms with van der Waals surface area (Å²) < 4.78 is 12.0. The van der Waals surface area contributed by atoms with Gasteiger partial charge in [-0.3, -0.25) is 9.59 Å². The van der Waals surface area contributed by atoms with Crippen molar-refractivity contribution in [3.63, 3.8) is 0 Å². The van der Waals surface area contributed by atoms with Gasteiger partial charge in [-0.2, -0.15) is 0 Å². The standard InChI is InChI=1S/C22H24BrN3O4/c1-4-29-18-10-14(16(23)12-19(18)30-5-2)11-21(27)26(3)13-20-24-17-9-7-6-8-15(17)22(28)25-20/h6-10,12H,4-5,11,13H2,1-3H3,(H,24,25,28). The number of benzene rings is 2. The Kier molecular flexibility index (Phi) is 7.10. The van der Waals surface area contributed by atoms with E-state index in [1.54, 1.807) is 25.2 Å². The largest absolute Gasteiger partial charge is 0.490 e. The molecule has 0 aliphatic heterocycles. The van der Waals surface area contributed by atoms with Crippen LogP contribution in [0.1, 0.15) is 25.2 Å². The number of halogens is 1. The zero-order valence-electron chi connectivity index (χ0n) is 17.2. The number of H-pyrrole nitrogens is 1. The minimum Gasteiger partial charge on any atom is -0.490 e. The first-order valence-corrected chi connectivity index (χ1v) is 10.5. The summed E-state index contributed by atoms with van der Waals surface area (Å²) in [4.78, 5) is 33.8. The molecule has 0 aliphatic rings. The van der Waals surface area contributed by atoms with Gasteiger partial charge in [0.2, 0.25) is 5.91 Å². The average Bonchev–Trinajstić information content (AvgIpc) is 2.71. The van der Waals surface area contributed by atoms with Crippen LogP contribution in [0.4, 0.5) is 0 Å². The number of nitrogens with zero attached hydrogens (tertiary/aromatic N) is 2. The highest BCUT2D eigenvalue weighted by molar-refractivity contribution is 9.10. The van der Waals surface area contributed by atoms with Crippen molar-refractivity contribution in [2.24, 2.45) is 0 Å². The van der Waals surface area contributed by atoms with Crippen molar-refractivity contribution >= 4 is 32.7 Å². The van der Waals surface area contributed by atoms with Crippen LogP contribution in [0.2, 0.25) is 0 Å². The van der Waals surface area contributed by atoms with Gasteiger partial charge in [-0.05, 0) is 43.7 Å². The number of hydrogen-bond acceptors (Lipinski definition) is 5. The normalized spacial score (nSPS) is 10.8. The number of carbonyl (C=O) groups excluding carboxylic acids is 1. The van der Waals surface area contributed by atoms with Gasteiger partial charge in [-0.25, -0.2) is 4.98 Å². The predicted molar refractivity (Wildman–Crippen MR) is 119 cm³/mol. The molecule has 0 saturated carbocycles. The maximum absolute atomic E-state index is 12.8. The SMILES string of the molecule is CCOc1cc(Br)c(CC(=O)N(C)Cc2nc3ccccc3c(=O)[nH]2)cc1OCC. The Morgan fingerprint density at radius 3 is 2.50 bits per heavy atom. The number of fused-ring (bicyclic) bond motifs is 1. The number of hydrogen-bond donors (Lipinski definition) is 1. The van der Waals surface area contributed by atoms with Gasteiger partial charge >= 0.3 is 0 Å². The summed E-state index contributed by atoms with van der Waals surface area (Å²) in [6.45, 7) is 5.02. The number of nitrogens with one attached hydrogen (secondary N) is 1. The molecular formula is C22H24BrN3O4. The molecular weight excluding hydrogens is 450 g/mol. The third-order valence-corrected chi connectivity index (χ3v) is 5.27. The van der Waals surface area contributed by atoms with Crippen LogP contribution in [0.25, 0.3) is 10.9 Å². The molecule has 30 heavy (non-hydrogen) atoms. The maximum atomic E-state index is 12.8. The molecule has 0 fully saturated rings. The number of aromatic nitrogens is 2. The molecule has 0 radical (unpaired) electrons. The van der Waals surface area contributed by atoms with E-state index in [1.165, 1.54) is 4.90 Å². The van der Waals surface area contributed by atoms with Gasteiger partial charge < -0.3 is 19.4 Å². The fraction of sp³-hybridized carbons (Fsp3) is 0.318. The van der Waals surface area contributed by atoms with Crippen LogP contribution in [-0.2, 0) is 17.8 Å². The summed E-state index contributed by atoms with van der Waals surface area (Å²) in [5, 5.41) is 0.525.